The van der Waals surface area contributed by atoms with Gasteiger partial charge in [0.2, 0.25) is 0 Å². The molecule has 0 aliphatic carbocycles. The van der Waals surface area contributed by atoms with Gasteiger partial charge in [0.15, 0.2) is 0 Å². The van der Waals surface area contributed by atoms with Gasteiger partial charge < -0.3 is 15.8 Å². The van der Waals surface area contributed by atoms with Crippen LogP contribution in [0.15, 0.2) is 54.9 Å². The number of aryl methyl sites for hydroxylation is 1. The van der Waals surface area contributed by atoms with Crippen molar-refractivity contribution in [1.29, 1.82) is 0 Å². The zero-order valence-corrected chi connectivity index (χ0v) is 17.6. The first kappa shape index (κ1) is 22.6. The Hall–Kier alpha value is -3.13. The number of methoxy groups -OCH3 is 1. The first-order chi connectivity index (χ1) is 14.7. The van der Waals surface area contributed by atoms with Gasteiger partial charge in [0, 0.05) is 24.1 Å². The van der Waals surface area contributed by atoms with Crippen LogP contribution >= 0.6 is 0 Å². The van der Waals surface area contributed by atoms with E-state index in [2.05, 4.69) is 15.3 Å². The summed E-state index contributed by atoms with van der Waals surface area (Å²) >= 11 is 0. The Kier molecular flexibility index (Phi) is 6.80. The smallest absolute Gasteiger partial charge is 0.407 e. The minimum atomic E-state index is -4.51. The van der Waals surface area contributed by atoms with Crippen LogP contribution in [-0.2, 0) is 0 Å². The lowest BCUT2D eigenvalue weighted by molar-refractivity contribution is -0.149. The average molecular weight is 430 g/mol. The first-order valence-corrected chi connectivity index (χ1v) is 9.82. The van der Waals surface area contributed by atoms with Crippen molar-refractivity contribution in [1.82, 2.24) is 9.97 Å². The zero-order valence-electron chi connectivity index (χ0n) is 17.6. The van der Waals surface area contributed by atoms with E-state index in [0.717, 1.165) is 16.8 Å². The Balaban J connectivity index is 1.73. The highest BCUT2D eigenvalue weighted by atomic mass is 19.4. The molecule has 1 aromatic heterocycles. The Bertz CT molecular complexity index is 1020. The molecule has 2 atom stereocenters. The van der Waals surface area contributed by atoms with Crippen molar-refractivity contribution >= 4 is 5.82 Å². The SMILES string of the molecule is COc1cc([C@H](N)C(F)(F)F)ccc1[C@H](C)CNc1cc(-c2ccc(C)cc2)ncn1. The van der Waals surface area contributed by atoms with Crippen LogP contribution in [0, 0.1) is 6.92 Å². The monoisotopic (exact) mass is 430 g/mol. The molecule has 0 saturated heterocycles. The number of halogens is 3. The fourth-order valence-corrected chi connectivity index (χ4v) is 3.22. The van der Waals surface area contributed by atoms with Crippen LogP contribution < -0.4 is 15.8 Å². The predicted octanol–water partition coefficient (Wildman–Crippen LogP) is 5.24. The van der Waals surface area contributed by atoms with Crippen LogP contribution in [-0.4, -0.2) is 29.8 Å². The van der Waals surface area contributed by atoms with Gasteiger partial charge in [-0.2, -0.15) is 13.2 Å². The van der Waals surface area contributed by atoms with Crippen LogP contribution in [0.4, 0.5) is 19.0 Å². The van der Waals surface area contributed by atoms with E-state index >= 15 is 0 Å². The maximum Gasteiger partial charge on any atom is 0.407 e. The molecule has 3 rings (SSSR count). The number of anilines is 1. The summed E-state index contributed by atoms with van der Waals surface area (Å²) in [6.45, 7) is 4.48. The van der Waals surface area contributed by atoms with E-state index in [1.54, 1.807) is 6.07 Å². The number of ether oxygens (including phenoxy) is 1. The Morgan fingerprint density at radius 2 is 1.77 bits per heavy atom. The Labute approximate surface area is 179 Å². The average Bonchev–Trinajstić information content (AvgIpc) is 2.76. The van der Waals surface area contributed by atoms with Gasteiger partial charge in [0.05, 0.1) is 12.8 Å². The van der Waals surface area contributed by atoms with Gasteiger partial charge in [0.1, 0.15) is 23.9 Å². The highest BCUT2D eigenvalue weighted by molar-refractivity contribution is 5.62. The summed E-state index contributed by atoms with van der Waals surface area (Å²) in [6, 6.07) is 12.2. The van der Waals surface area contributed by atoms with Crippen molar-refractivity contribution < 1.29 is 17.9 Å². The molecule has 1 heterocycles. The fourth-order valence-electron chi connectivity index (χ4n) is 3.22. The number of alkyl halides is 3. The van der Waals surface area contributed by atoms with Gasteiger partial charge in [-0.05, 0) is 24.1 Å². The fraction of sp³-hybridized carbons (Fsp3) is 0.304. The maximum absolute atomic E-state index is 12.9. The summed E-state index contributed by atoms with van der Waals surface area (Å²) in [5, 5.41) is 3.27. The minimum absolute atomic E-state index is 0.0354. The molecule has 8 heteroatoms. The van der Waals surface area contributed by atoms with Crippen molar-refractivity contribution in [2.75, 3.05) is 19.0 Å². The number of nitrogens with zero attached hydrogens (tertiary/aromatic N) is 2. The molecule has 2 aromatic carbocycles. The standard InChI is InChI=1S/C23H25F3N4O/c1-14-4-6-16(7-5-14)19-11-21(30-13-29-19)28-12-15(2)18-9-8-17(10-20(18)31-3)22(27)23(24,25)26/h4-11,13,15,22H,12,27H2,1-3H3,(H,28,29,30)/t15-,22+/m1/s1. The summed E-state index contributed by atoms with van der Waals surface area (Å²) in [5.41, 5.74) is 9.02. The number of hydrogen-bond acceptors (Lipinski definition) is 5. The molecule has 0 radical (unpaired) electrons. The maximum atomic E-state index is 12.9. The van der Waals surface area contributed by atoms with E-state index in [9.17, 15) is 13.2 Å². The van der Waals surface area contributed by atoms with Gasteiger partial charge in [0.25, 0.3) is 0 Å². The van der Waals surface area contributed by atoms with Crippen molar-refractivity contribution in [3.8, 4) is 17.0 Å². The molecule has 0 aliphatic heterocycles. The van der Waals surface area contributed by atoms with E-state index in [4.69, 9.17) is 10.5 Å². The summed E-state index contributed by atoms with van der Waals surface area (Å²) < 4.78 is 44.1. The minimum Gasteiger partial charge on any atom is -0.496 e. The number of nitrogens with two attached hydrogens (primary N) is 1. The van der Waals surface area contributed by atoms with E-state index in [0.29, 0.717) is 18.1 Å². The first-order valence-electron chi connectivity index (χ1n) is 9.82. The molecule has 0 saturated carbocycles. The molecule has 0 aliphatic rings. The molecule has 0 amide bonds. The third-order valence-electron chi connectivity index (χ3n) is 5.10. The van der Waals surface area contributed by atoms with Crippen molar-refractivity contribution in [3.63, 3.8) is 0 Å². The molecule has 0 unspecified atom stereocenters. The van der Waals surface area contributed by atoms with Gasteiger partial charge in [-0.3, -0.25) is 0 Å². The predicted molar refractivity (Wildman–Crippen MR) is 115 cm³/mol. The summed E-state index contributed by atoms with van der Waals surface area (Å²) in [6.07, 6.45) is -3.02. The van der Waals surface area contributed by atoms with Crippen molar-refractivity contribution in [3.05, 3.63) is 71.5 Å². The van der Waals surface area contributed by atoms with Crippen LogP contribution in [0.1, 0.15) is 35.6 Å². The highest BCUT2D eigenvalue weighted by Gasteiger charge is 2.38. The molecule has 0 bridgehead atoms. The molecular formula is C23H25F3N4O. The summed E-state index contributed by atoms with van der Waals surface area (Å²) in [5.74, 6) is 0.977. The molecule has 31 heavy (non-hydrogen) atoms. The van der Waals surface area contributed by atoms with Crippen LogP contribution in [0.5, 0.6) is 5.75 Å². The second-order valence-electron chi connectivity index (χ2n) is 7.46. The lowest BCUT2D eigenvalue weighted by Gasteiger charge is -2.20. The topological polar surface area (TPSA) is 73.1 Å². The molecule has 3 aromatic rings. The van der Waals surface area contributed by atoms with E-state index in [1.165, 1.54) is 31.1 Å². The van der Waals surface area contributed by atoms with Crippen LogP contribution in [0.2, 0.25) is 0 Å². The van der Waals surface area contributed by atoms with Crippen molar-refractivity contribution in [2.24, 2.45) is 5.73 Å². The van der Waals surface area contributed by atoms with E-state index in [-0.39, 0.29) is 11.5 Å². The van der Waals surface area contributed by atoms with Crippen LogP contribution in [0.3, 0.4) is 0 Å². The van der Waals surface area contributed by atoms with Gasteiger partial charge >= 0.3 is 6.18 Å². The molecule has 0 spiro atoms. The quantitative estimate of drug-likeness (QED) is 0.536. The summed E-state index contributed by atoms with van der Waals surface area (Å²) in [7, 11) is 1.43. The number of rotatable bonds is 7. The van der Waals surface area contributed by atoms with Gasteiger partial charge in [-0.1, -0.05) is 48.9 Å². The lowest BCUT2D eigenvalue weighted by atomic mass is 9.96. The number of benzene rings is 2. The number of hydrogen-bond donors (Lipinski definition) is 2. The Morgan fingerprint density at radius 1 is 1.06 bits per heavy atom. The third kappa shape index (κ3) is 5.52. The van der Waals surface area contributed by atoms with Crippen molar-refractivity contribution in [2.45, 2.75) is 32.0 Å². The second kappa shape index (κ2) is 9.34. The van der Waals surface area contributed by atoms with E-state index in [1.807, 2.05) is 44.2 Å². The Morgan fingerprint density at radius 3 is 2.42 bits per heavy atom. The van der Waals surface area contributed by atoms with Gasteiger partial charge in [-0.15, -0.1) is 0 Å². The second-order valence-corrected chi connectivity index (χ2v) is 7.46. The number of aromatic nitrogens is 2. The van der Waals surface area contributed by atoms with Gasteiger partial charge in [-0.25, -0.2) is 9.97 Å². The highest BCUT2D eigenvalue weighted by Crippen LogP contribution is 2.35. The van der Waals surface area contributed by atoms with Crippen LogP contribution in [0.25, 0.3) is 11.3 Å². The van der Waals surface area contributed by atoms with E-state index < -0.39 is 12.2 Å². The molecular weight excluding hydrogens is 405 g/mol. The largest absolute Gasteiger partial charge is 0.496 e. The molecule has 0 fully saturated rings. The normalized spacial score (nSPS) is 13.5. The number of nitrogens with one attached hydrogen (secondary N) is 1. The zero-order chi connectivity index (χ0) is 22.6. The lowest BCUT2D eigenvalue weighted by Crippen LogP contribution is -2.28. The molecule has 5 nitrogen and oxygen atoms in total. The third-order valence-corrected chi connectivity index (χ3v) is 5.10. The molecule has 3 N–H and O–H groups in total. The summed E-state index contributed by atoms with van der Waals surface area (Å²) in [4.78, 5) is 8.58. The molecule has 164 valence electrons.